The van der Waals surface area contributed by atoms with Crippen LogP contribution >= 0.6 is 0 Å². The smallest absolute Gasteiger partial charge is 0.274 e. The Labute approximate surface area is 183 Å². The molecule has 32 heavy (non-hydrogen) atoms. The van der Waals surface area contributed by atoms with Gasteiger partial charge in [0.25, 0.3) is 5.91 Å². The van der Waals surface area contributed by atoms with Crippen LogP contribution in [0.2, 0.25) is 0 Å². The summed E-state index contributed by atoms with van der Waals surface area (Å²) in [6.45, 7) is 0. The molecule has 0 saturated carbocycles. The largest absolute Gasteiger partial charge is 0.324 e. The number of carbonyl (C=O) groups is 2. The Hall–Kier alpha value is -4.33. The number of amides is 2. The molecule has 0 bridgehead atoms. The van der Waals surface area contributed by atoms with Crippen molar-refractivity contribution in [2.75, 3.05) is 10.6 Å². The average molecular weight is 429 g/mol. The summed E-state index contributed by atoms with van der Waals surface area (Å²) < 4.78 is 15.5. The van der Waals surface area contributed by atoms with Gasteiger partial charge in [-0.15, -0.1) is 0 Å². The quantitative estimate of drug-likeness (QED) is 0.460. The number of pyridine rings is 1. The minimum atomic E-state index is -0.528. The Bertz CT molecular complexity index is 1230. The zero-order valence-corrected chi connectivity index (χ0v) is 17.0. The van der Waals surface area contributed by atoms with Crippen molar-refractivity contribution in [2.45, 2.75) is 12.8 Å². The van der Waals surface area contributed by atoms with E-state index in [1.807, 2.05) is 36.5 Å². The molecule has 2 aromatic heterocycles. The fraction of sp³-hybridized carbons (Fsp3) is 0.0833. The number of rotatable bonds is 7. The van der Waals surface area contributed by atoms with E-state index in [4.69, 9.17) is 0 Å². The molecule has 0 fully saturated rings. The van der Waals surface area contributed by atoms with Crippen molar-refractivity contribution in [2.24, 2.45) is 0 Å². The second kappa shape index (κ2) is 9.65. The zero-order chi connectivity index (χ0) is 22.3. The highest BCUT2D eigenvalue weighted by molar-refractivity contribution is 6.06. The Kier molecular flexibility index (Phi) is 6.31. The third-order valence-corrected chi connectivity index (χ3v) is 4.70. The highest BCUT2D eigenvalue weighted by Crippen LogP contribution is 2.24. The Balaban J connectivity index is 1.39. The molecule has 160 valence electrons. The SMILES string of the molecule is O=C(CCc1cnn(-c2ccccc2)c1)Nc1cc(F)ccc1NC(=O)c1ccccn1. The van der Waals surface area contributed by atoms with E-state index in [0.717, 1.165) is 11.3 Å². The van der Waals surface area contributed by atoms with Gasteiger partial charge >= 0.3 is 0 Å². The third kappa shape index (κ3) is 5.23. The standard InChI is InChI=1S/C24H20FN5O2/c25-18-10-11-20(29-24(32)21-8-4-5-13-26-21)22(14-18)28-23(31)12-9-17-15-27-30(16-17)19-6-2-1-3-7-19/h1-8,10-11,13-16H,9,12H2,(H,28,31)(H,29,32). The highest BCUT2D eigenvalue weighted by Gasteiger charge is 2.13. The van der Waals surface area contributed by atoms with Gasteiger partial charge in [-0.1, -0.05) is 24.3 Å². The third-order valence-electron chi connectivity index (χ3n) is 4.70. The van der Waals surface area contributed by atoms with Crippen LogP contribution in [0, 0.1) is 5.82 Å². The van der Waals surface area contributed by atoms with Crippen LogP contribution in [0.4, 0.5) is 15.8 Å². The van der Waals surface area contributed by atoms with Crippen LogP contribution in [0.15, 0.2) is 85.3 Å². The van der Waals surface area contributed by atoms with Crippen LogP contribution in [0.5, 0.6) is 0 Å². The lowest BCUT2D eigenvalue weighted by atomic mass is 10.2. The molecule has 2 amide bonds. The van der Waals surface area contributed by atoms with Gasteiger partial charge in [0.15, 0.2) is 0 Å². The van der Waals surface area contributed by atoms with Crippen LogP contribution in [0.25, 0.3) is 5.69 Å². The summed E-state index contributed by atoms with van der Waals surface area (Å²) in [5.74, 6) is -1.29. The predicted molar refractivity (Wildman–Crippen MR) is 119 cm³/mol. The summed E-state index contributed by atoms with van der Waals surface area (Å²) in [4.78, 5) is 28.9. The van der Waals surface area contributed by atoms with Gasteiger partial charge in [-0.25, -0.2) is 9.07 Å². The predicted octanol–water partition coefficient (Wildman–Crippen LogP) is 4.23. The lowest BCUT2D eigenvalue weighted by Gasteiger charge is -2.12. The molecule has 0 saturated heterocycles. The van der Waals surface area contributed by atoms with E-state index in [2.05, 4.69) is 20.7 Å². The minimum Gasteiger partial charge on any atom is -0.324 e. The van der Waals surface area contributed by atoms with E-state index in [9.17, 15) is 14.0 Å². The van der Waals surface area contributed by atoms with E-state index in [1.54, 1.807) is 29.1 Å². The summed E-state index contributed by atoms with van der Waals surface area (Å²) in [5.41, 5.74) is 2.50. The molecule has 0 radical (unpaired) electrons. The number of halogens is 1. The molecule has 0 aliphatic rings. The van der Waals surface area contributed by atoms with Crippen molar-refractivity contribution in [1.82, 2.24) is 14.8 Å². The second-order valence-corrected chi connectivity index (χ2v) is 7.04. The van der Waals surface area contributed by atoms with E-state index in [1.165, 1.54) is 24.4 Å². The molecule has 0 aliphatic carbocycles. The zero-order valence-electron chi connectivity index (χ0n) is 17.0. The van der Waals surface area contributed by atoms with Crippen molar-refractivity contribution in [3.05, 3.63) is 102 Å². The van der Waals surface area contributed by atoms with Gasteiger partial charge in [-0.3, -0.25) is 14.6 Å². The summed E-state index contributed by atoms with van der Waals surface area (Å²) in [6.07, 6.45) is 5.71. The maximum atomic E-state index is 13.8. The molecule has 2 aromatic carbocycles. The van der Waals surface area contributed by atoms with Crippen LogP contribution in [-0.4, -0.2) is 26.6 Å². The number of para-hydroxylation sites is 1. The van der Waals surface area contributed by atoms with Gasteiger partial charge in [0.05, 0.1) is 23.3 Å². The fourth-order valence-electron chi connectivity index (χ4n) is 3.09. The molecular weight excluding hydrogens is 409 g/mol. The Morgan fingerprint density at radius 1 is 0.938 bits per heavy atom. The number of carbonyl (C=O) groups excluding carboxylic acids is 2. The first-order valence-corrected chi connectivity index (χ1v) is 9.99. The van der Waals surface area contributed by atoms with Gasteiger partial charge < -0.3 is 10.6 Å². The van der Waals surface area contributed by atoms with E-state index >= 15 is 0 Å². The first kappa shape index (κ1) is 20.9. The fourth-order valence-corrected chi connectivity index (χ4v) is 3.09. The van der Waals surface area contributed by atoms with Crippen molar-refractivity contribution < 1.29 is 14.0 Å². The van der Waals surface area contributed by atoms with Crippen LogP contribution in [0.1, 0.15) is 22.5 Å². The van der Waals surface area contributed by atoms with Crippen molar-refractivity contribution >= 4 is 23.2 Å². The molecule has 0 spiro atoms. The average Bonchev–Trinajstić information content (AvgIpc) is 3.30. The maximum absolute atomic E-state index is 13.8. The molecule has 7 nitrogen and oxygen atoms in total. The molecule has 8 heteroatoms. The lowest BCUT2D eigenvalue weighted by molar-refractivity contribution is -0.116. The molecule has 4 rings (SSSR count). The van der Waals surface area contributed by atoms with E-state index < -0.39 is 11.7 Å². The normalized spacial score (nSPS) is 10.5. The van der Waals surface area contributed by atoms with Gasteiger partial charge in [0.1, 0.15) is 11.5 Å². The van der Waals surface area contributed by atoms with Crippen LogP contribution in [0.3, 0.4) is 0 Å². The Morgan fingerprint density at radius 3 is 2.53 bits per heavy atom. The van der Waals surface area contributed by atoms with Crippen molar-refractivity contribution in [1.29, 1.82) is 0 Å². The maximum Gasteiger partial charge on any atom is 0.274 e. The number of hydrogen-bond acceptors (Lipinski definition) is 4. The van der Waals surface area contributed by atoms with Gasteiger partial charge in [0, 0.05) is 18.8 Å². The highest BCUT2D eigenvalue weighted by atomic mass is 19.1. The number of nitrogens with zero attached hydrogens (tertiary/aromatic N) is 3. The summed E-state index contributed by atoms with van der Waals surface area (Å²) in [5, 5.41) is 9.65. The molecular formula is C24H20FN5O2. The van der Waals surface area contributed by atoms with Gasteiger partial charge in [-0.05, 0) is 54.4 Å². The molecule has 0 aliphatic heterocycles. The molecule has 2 heterocycles. The van der Waals surface area contributed by atoms with Crippen molar-refractivity contribution in [3.63, 3.8) is 0 Å². The van der Waals surface area contributed by atoms with E-state index in [-0.39, 0.29) is 29.4 Å². The first-order chi connectivity index (χ1) is 15.6. The molecule has 4 aromatic rings. The minimum absolute atomic E-state index is 0.171. The number of aromatic nitrogens is 3. The number of benzene rings is 2. The number of nitrogens with one attached hydrogen (secondary N) is 2. The molecule has 0 unspecified atom stereocenters. The van der Waals surface area contributed by atoms with Gasteiger partial charge in [0.2, 0.25) is 5.91 Å². The summed E-state index contributed by atoms with van der Waals surface area (Å²) in [7, 11) is 0. The second-order valence-electron chi connectivity index (χ2n) is 7.04. The van der Waals surface area contributed by atoms with Gasteiger partial charge in [-0.2, -0.15) is 5.10 Å². The van der Waals surface area contributed by atoms with Crippen molar-refractivity contribution in [3.8, 4) is 5.69 Å². The van der Waals surface area contributed by atoms with Crippen LogP contribution in [-0.2, 0) is 11.2 Å². The number of aryl methyl sites for hydroxylation is 1. The molecule has 2 N–H and O–H groups in total. The summed E-state index contributed by atoms with van der Waals surface area (Å²) >= 11 is 0. The van der Waals surface area contributed by atoms with E-state index in [0.29, 0.717) is 6.42 Å². The first-order valence-electron chi connectivity index (χ1n) is 9.99. The topological polar surface area (TPSA) is 88.9 Å². The monoisotopic (exact) mass is 429 g/mol. The summed E-state index contributed by atoms with van der Waals surface area (Å²) in [6, 6.07) is 18.4. The lowest BCUT2D eigenvalue weighted by Crippen LogP contribution is -2.17. The van der Waals surface area contributed by atoms with Crippen LogP contribution < -0.4 is 10.6 Å². The number of anilines is 2. The molecule has 0 atom stereocenters. The number of hydrogen-bond donors (Lipinski definition) is 2. The Morgan fingerprint density at radius 2 is 1.75 bits per heavy atom.